The predicted octanol–water partition coefficient (Wildman–Crippen LogP) is 4.97. The fraction of sp³-hybridized carbons (Fsp3) is 0.263. The van der Waals surface area contributed by atoms with Gasteiger partial charge >= 0.3 is 0 Å². The van der Waals surface area contributed by atoms with Crippen LogP contribution in [0.2, 0.25) is 0 Å². The van der Waals surface area contributed by atoms with Gasteiger partial charge in [-0.05, 0) is 36.4 Å². The molecule has 2 aromatic carbocycles. The molecular formula is C19H19N5O4S. The minimum Gasteiger partial charge on any atom is -0.274 e. The molecule has 29 heavy (non-hydrogen) atoms. The molecule has 9 nitrogen and oxygen atoms in total. The van der Waals surface area contributed by atoms with Crippen molar-refractivity contribution in [2.24, 2.45) is 0 Å². The highest BCUT2D eigenvalue weighted by atomic mass is 32.2. The highest BCUT2D eigenvalue weighted by molar-refractivity contribution is 7.99. The molecule has 1 heterocycles. The van der Waals surface area contributed by atoms with E-state index in [1.807, 2.05) is 34.9 Å². The summed E-state index contributed by atoms with van der Waals surface area (Å²) < 4.78 is 1.88. The van der Waals surface area contributed by atoms with Gasteiger partial charge in [0.25, 0.3) is 11.4 Å². The molecule has 3 aromatic rings. The Morgan fingerprint density at radius 1 is 1.00 bits per heavy atom. The van der Waals surface area contributed by atoms with Gasteiger partial charge in [-0.3, -0.25) is 24.8 Å². The molecular weight excluding hydrogens is 394 g/mol. The van der Waals surface area contributed by atoms with Crippen LogP contribution in [0.5, 0.6) is 0 Å². The number of non-ortho nitro benzene ring substituents is 1. The summed E-state index contributed by atoms with van der Waals surface area (Å²) in [5.41, 5.74) is 0.196. The molecule has 3 rings (SSSR count). The molecule has 0 unspecified atom stereocenters. The molecule has 0 radical (unpaired) electrons. The predicted molar refractivity (Wildman–Crippen MR) is 108 cm³/mol. The van der Waals surface area contributed by atoms with Gasteiger partial charge < -0.3 is 0 Å². The summed E-state index contributed by atoms with van der Waals surface area (Å²) in [4.78, 5) is 21.4. The van der Waals surface area contributed by atoms with E-state index in [9.17, 15) is 20.2 Å². The topological polar surface area (TPSA) is 117 Å². The number of hydrogen-bond donors (Lipinski definition) is 0. The van der Waals surface area contributed by atoms with Crippen molar-refractivity contribution in [3.63, 3.8) is 0 Å². The lowest BCUT2D eigenvalue weighted by atomic mass is 10.2. The Morgan fingerprint density at radius 3 is 2.41 bits per heavy atom. The van der Waals surface area contributed by atoms with Crippen molar-refractivity contribution in [3.05, 3.63) is 74.6 Å². The van der Waals surface area contributed by atoms with Gasteiger partial charge in [0, 0.05) is 18.2 Å². The fourth-order valence-electron chi connectivity index (χ4n) is 2.84. The van der Waals surface area contributed by atoms with Crippen molar-refractivity contribution < 1.29 is 9.85 Å². The Bertz CT molecular complexity index is 1020. The molecule has 0 aliphatic heterocycles. The van der Waals surface area contributed by atoms with Crippen LogP contribution < -0.4 is 0 Å². The second-order valence-corrected chi connectivity index (χ2v) is 7.30. The number of nitro groups is 2. The van der Waals surface area contributed by atoms with E-state index in [0.29, 0.717) is 5.16 Å². The maximum atomic E-state index is 11.4. The van der Waals surface area contributed by atoms with Crippen LogP contribution in [-0.4, -0.2) is 24.6 Å². The number of rotatable bonds is 9. The first-order valence-electron chi connectivity index (χ1n) is 9.11. The number of aryl methyl sites for hydroxylation is 1. The quantitative estimate of drug-likeness (QED) is 0.276. The fourth-order valence-corrected chi connectivity index (χ4v) is 3.80. The first-order chi connectivity index (χ1) is 14.0. The third-order valence-electron chi connectivity index (χ3n) is 4.27. The lowest BCUT2D eigenvalue weighted by Crippen LogP contribution is -2.03. The molecule has 0 saturated carbocycles. The van der Waals surface area contributed by atoms with Gasteiger partial charge in [-0.25, -0.2) is 0 Å². The largest absolute Gasteiger partial charge is 0.290 e. The van der Waals surface area contributed by atoms with Gasteiger partial charge in [-0.15, -0.1) is 10.2 Å². The molecule has 0 aliphatic carbocycles. The molecule has 0 aliphatic rings. The number of aromatic nitrogens is 3. The van der Waals surface area contributed by atoms with Crippen molar-refractivity contribution >= 4 is 23.1 Å². The second-order valence-electron chi connectivity index (χ2n) is 6.30. The van der Waals surface area contributed by atoms with Crippen molar-refractivity contribution in [2.75, 3.05) is 0 Å². The summed E-state index contributed by atoms with van der Waals surface area (Å²) in [5.74, 6) is 0.775. The Kier molecular flexibility index (Phi) is 6.55. The average molecular weight is 413 g/mol. The normalized spacial score (nSPS) is 10.8. The molecule has 0 bridgehead atoms. The number of hydrogen-bond acceptors (Lipinski definition) is 7. The Balaban J connectivity index is 2.01. The van der Waals surface area contributed by atoms with Crippen LogP contribution in [0, 0.1) is 20.2 Å². The zero-order valence-corrected chi connectivity index (χ0v) is 16.5. The van der Waals surface area contributed by atoms with Crippen molar-refractivity contribution in [3.8, 4) is 5.69 Å². The number of para-hydroxylation sites is 1. The Hall–Kier alpha value is -3.27. The van der Waals surface area contributed by atoms with Crippen LogP contribution in [0.3, 0.4) is 0 Å². The van der Waals surface area contributed by atoms with Crippen molar-refractivity contribution in [1.29, 1.82) is 0 Å². The molecule has 0 atom stereocenters. The first kappa shape index (κ1) is 20.5. The zero-order valence-electron chi connectivity index (χ0n) is 15.7. The maximum absolute atomic E-state index is 11.4. The van der Waals surface area contributed by atoms with Gasteiger partial charge in [0.15, 0.2) is 0 Å². The number of nitro benzene ring substituents is 2. The van der Waals surface area contributed by atoms with Gasteiger partial charge in [0.2, 0.25) is 5.16 Å². The number of nitrogens with zero attached hydrogens (tertiary/aromatic N) is 5. The van der Waals surface area contributed by atoms with E-state index in [2.05, 4.69) is 17.1 Å². The van der Waals surface area contributed by atoms with Gasteiger partial charge in [0.05, 0.1) is 20.8 Å². The lowest BCUT2D eigenvalue weighted by Gasteiger charge is -2.10. The molecule has 0 amide bonds. The average Bonchev–Trinajstić information content (AvgIpc) is 3.11. The smallest absolute Gasteiger partial charge is 0.274 e. The standard InChI is InChI=1S/C19H19N5O4S/c1-2-3-5-10-18-20-21-19(22(18)14-8-6-4-7-9-14)29-17-12-11-15(23(25)26)13-16(17)24(27)28/h4,6-9,11-13H,2-3,5,10H2,1H3. The highest BCUT2D eigenvalue weighted by Crippen LogP contribution is 2.37. The summed E-state index contributed by atoms with van der Waals surface area (Å²) in [7, 11) is 0. The van der Waals surface area contributed by atoms with Crippen LogP contribution in [-0.2, 0) is 6.42 Å². The van der Waals surface area contributed by atoms with Gasteiger partial charge in [-0.2, -0.15) is 0 Å². The lowest BCUT2D eigenvalue weighted by molar-refractivity contribution is -0.396. The first-order valence-corrected chi connectivity index (χ1v) is 9.93. The highest BCUT2D eigenvalue weighted by Gasteiger charge is 2.23. The van der Waals surface area contributed by atoms with Crippen LogP contribution in [0.1, 0.15) is 32.0 Å². The van der Waals surface area contributed by atoms with Crippen LogP contribution in [0.4, 0.5) is 11.4 Å². The van der Waals surface area contributed by atoms with Crippen LogP contribution in [0.15, 0.2) is 58.6 Å². The number of benzene rings is 2. The monoisotopic (exact) mass is 413 g/mol. The van der Waals surface area contributed by atoms with Crippen molar-refractivity contribution in [1.82, 2.24) is 14.8 Å². The summed E-state index contributed by atoms with van der Waals surface area (Å²) in [6, 6.07) is 13.1. The summed E-state index contributed by atoms with van der Waals surface area (Å²) >= 11 is 1.07. The van der Waals surface area contributed by atoms with Crippen LogP contribution in [0.25, 0.3) is 5.69 Å². The molecule has 10 heteroatoms. The van der Waals surface area contributed by atoms with E-state index in [1.165, 1.54) is 12.1 Å². The SMILES string of the molecule is CCCCCc1nnc(Sc2ccc([N+](=O)[O-])cc2[N+](=O)[O-])n1-c1ccccc1. The summed E-state index contributed by atoms with van der Waals surface area (Å²) in [5, 5.41) is 31.4. The summed E-state index contributed by atoms with van der Waals surface area (Å²) in [6.45, 7) is 2.12. The van der Waals surface area contributed by atoms with E-state index >= 15 is 0 Å². The minimum absolute atomic E-state index is 0.269. The molecule has 1 aromatic heterocycles. The van der Waals surface area contributed by atoms with E-state index in [1.54, 1.807) is 0 Å². The third kappa shape index (κ3) is 4.77. The third-order valence-corrected chi connectivity index (χ3v) is 5.28. The zero-order chi connectivity index (χ0) is 20.8. The maximum Gasteiger partial charge on any atom is 0.290 e. The Morgan fingerprint density at radius 2 is 1.76 bits per heavy atom. The molecule has 0 fully saturated rings. The van der Waals surface area contributed by atoms with E-state index in [4.69, 9.17) is 0 Å². The van der Waals surface area contributed by atoms with Gasteiger partial charge in [-0.1, -0.05) is 38.0 Å². The van der Waals surface area contributed by atoms with E-state index < -0.39 is 9.85 Å². The van der Waals surface area contributed by atoms with Gasteiger partial charge in [0.1, 0.15) is 5.82 Å². The Labute approximate surface area is 171 Å². The minimum atomic E-state index is -0.653. The molecule has 0 saturated heterocycles. The van der Waals surface area contributed by atoms with E-state index in [0.717, 1.165) is 55.0 Å². The summed E-state index contributed by atoms with van der Waals surface area (Å²) in [6.07, 6.45) is 3.84. The molecule has 0 N–H and O–H groups in total. The van der Waals surface area contributed by atoms with E-state index in [-0.39, 0.29) is 16.3 Å². The second kappa shape index (κ2) is 9.28. The molecule has 150 valence electrons. The molecule has 0 spiro atoms. The van der Waals surface area contributed by atoms with Crippen molar-refractivity contribution in [2.45, 2.75) is 42.7 Å². The van der Waals surface area contributed by atoms with Crippen LogP contribution >= 0.6 is 11.8 Å². The number of unbranched alkanes of at least 4 members (excludes halogenated alkanes) is 2.